The molecule has 0 unspecified atom stereocenters. The summed E-state index contributed by atoms with van der Waals surface area (Å²) in [7, 11) is 0. The second-order valence-corrected chi connectivity index (χ2v) is 6.85. The minimum absolute atomic E-state index is 0.0554. The van der Waals surface area contributed by atoms with E-state index in [9.17, 15) is 14.4 Å². The number of thiazole rings is 1. The Labute approximate surface area is 162 Å². The van der Waals surface area contributed by atoms with Crippen LogP contribution in [0.3, 0.4) is 0 Å². The number of nitrogens with one attached hydrogen (secondary N) is 2. The van der Waals surface area contributed by atoms with Crippen LogP contribution >= 0.6 is 11.3 Å². The van der Waals surface area contributed by atoms with Gasteiger partial charge in [-0.1, -0.05) is 38.1 Å². The van der Waals surface area contributed by atoms with Gasteiger partial charge in [0.05, 0.1) is 0 Å². The first kappa shape index (κ1) is 20.6. The minimum atomic E-state index is -0.708. The molecule has 0 saturated carbocycles. The van der Waals surface area contributed by atoms with E-state index in [-0.39, 0.29) is 11.7 Å². The number of aromatic nitrogens is 1. The van der Waals surface area contributed by atoms with Crippen molar-refractivity contribution in [2.75, 3.05) is 6.61 Å². The van der Waals surface area contributed by atoms with Crippen LogP contribution in [-0.2, 0) is 16.0 Å². The van der Waals surface area contributed by atoms with Crippen LogP contribution < -0.4 is 10.6 Å². The SMILES string of the molecule is CCc1ccc(-c2nc(C(=O)OCC(=O)NC(=O)N[C@@H](C)CC)cs2)cc1. The molecule has 0 aliphatic carbocycles. The predicted molar refractivity (Wildman–Crippen MR) is 104 cm³/mol. The summed E-state index contributed by atoms with van der Waals surface area (Å²) in [4.78, 5) is 39.5. The molecule has 0 radical (unpaired) electrons. The van der Waals surface area contributed by atoms with Crippen LogP contribution in [0.4, 0.5) is 4.79 Å². The molecule has 1 atom stereocenters. The molecule has 2 N–H and O–H groups in total. The lowest BCUT2D eigenvalue weighted by Gasteiger charge is -2.11. The molecule has 27 heavy (non-hydrogen) atoms. The van der Waals surface area contributed by atoms with Gasteiger partial charge >= 0.3 is 12.0 Å². The van der Waals surface area contributed by atoms with Crippen molar-refractivity contribution >= 4 is 29.2 Å². The lowest BCUT2D eigenvalue weighted by Crippen LogP contribution is -2.44. The number of aryl methyl sites for hydroxylation is 1. The predicted octanol–water partition coefficient (Wildman–Crippen LogP) is 3.15. The third kappa shape index (κ3) is 6.18. The summed E-state index contributed by atoms with van der Waals surface area (Å²) < 4.78 is 4.92. The molecule has 0 saturated heterocycles. The second kappa shape index (κ2) is 9.82. The average Bonchev–Trinajstić information content (AvgIpc) is 3.16. The van der Waals surface area contributed by atoms with E-state index >= 15 is 0 Å². The standard InChI is InChI=1S/C19H23N3O4S/c1-4-12(3)20-19(25)22-16(23)10-26-18(24)15-11-27-17(21-15)14-8-6-13(5-2)7-9-14/h6-9,11-12H,4-5,10H2,1-3H3,(H2,20,22,23,25)/t12-/m0/s1. The number of hydrogen-bond donors (Lipinski definition) is 2. The van der Waals surface area contributed by atoms with Gasteiger partial charge in [0.2, 0.25) is 0 Å². The highest BCUT2D eigenvalue weighted by molar-refractivity contribution is 7.13. The van der Waals surface area contributed by atoms with Gasteiger partial charge in [-0.05, 0) is 25.3 Å². The Morgan fingerprint density at radius 3 is 2.52 bits per heavy atom. The van der Waals surface area contributed by atoms with Crippen molar-refractivity contribution < 1.29 is 19.1 Å². The number of ether oxygens (including phenoxy) is 1. The van der Waals surface area contributed by atoms with Crippen LogP contribution in [0, 0.1) is 0 Å². The molecule has 3 amide bonds. The van der Waals surface area contributed by atoms with E-state index in [1.165, 1.54) is 16.9 Å². The molecule has 8 heteroatoms. The molecule has 0 bridgehead atoms. The highest BCUT2D eigenvalue weighted by Gasteiger charge is 2.16. The molecule has 1 aromatic carbocycles. The smallest absolute Gasteiger partial charge is 0.358 e. The molecule has 1 aromatic heterocycles. The van der Waals surface area contributed by atoms with Crippen LogP contribution in [0.1, 0.15) is 43.2 Å². The van der Waals surface area contributed by atoms with Gasteiger partial charge in [0.1, 0.15) is 5.01 Å². The van der Waals surface area contributed by atoms with E-state index in [1.54, 1.807) is 5.38 Å². The zero-order chi connectivity index (χ0) is 19.8. The van der Waals surface area contributed by atoms with Gasteiger partial charge < -0.3 is 10.1 Å². The van der Waals surface area contributed by atoms with Gasteiger partial charge in [-0.2, -0.15) is 0 Å². The molecule has 2 rings (SSSR count). The molecule has 7 nitrogen and oxygen atoms in total. The van der Waals surface area contributed by atoms with Gasteiger partial charge in [0, 0.05) is 17.0 Å². The molecular formula is C19H23N3O4S. The van der Waals surface area contributed by atoms with Crippen LogP contribution in [0.15, 0.2) is 29.6 Å². The van der Waals surface area contributed by atoms with E-state index in [0.717, 1.165) is 18.4 Å². The maximum atomic E-state index is 12.0. The summed E-state index contributed by atoms with van der Waals surface area (Å²) in [6.45, 7) is 5.26. The fraction of sp³-hybridized carbons (Fsp3) is 0.368. The van der Waals surface area contributed by atoms with E-state index in [1.807, 2.05) is 38.1 Å². The van der Waals surface area contributed by atoms with Crippen LogP contribution in [-0.4, -0.2) is 35.5 Å². The zero-order valence-electron chi connectivity index (χ0n) is 15.6. The third-order valence-electron chi connectivity index (χ3n) is 3.90. The number of imide groups is 1. The first-order valence-electron chi connectivity index (χ1n) is 8.75. The zero-order valence-corrected chi connectivity index (χ0v) is 16.4. The van der Waals surface area contributed by atoms with Gasteiger partial charge in [0.15, 0.2) is 12.3 Å². The van der Waals surface area contributed by atoms with Gasteiger partial charge in [-0.15, -0.1) is 11.3 Å². The van der Waals surface area contributed by atoms with Crippen molar-refractivity contribution in [3.63, 3.8) is 0 Å². The molecule has 2 aromatic rings. The Hall–Kier alpha value is -2.74. The van der Waals surface area contributed by atoms with Crippen molar-refractivity contribution in [2.24, 2.45) is 0 Å². The van der Waals surface area contributed by atoms with Crippen LogP contribution in [0.25, 0.3) is 10.6 Å². The van der Waals surface area contributed by atoms with Gasteiger partial charge in [-0.3, -0.25) is 10.1 Å². The number of carbonyl (C=O) groups excluding carboxylic acids is 3. The molecular weight excluding hydrogens is 366 g/mol. The molecule has 1 heterocycles. The number of benzene rings is 1. The lowest BCUT2D eigenvalue weighted by molar-refractivity contribution is -0.123. The number of nitrogens with zero attached hydrogens (tertiary/aromatic N) is 1. The summed E-state index contributed by atoms with van der Waals surface area (Å²) in [5.74, 6) is -1.41. The van der Waals surface area contributed by atoms with Crippen molar-refractivity contribution in [1.29, 1.82) is 0 Å². The first-order chi connectivity index (χ1) is 12.9. The van der Waals surface area contributed by atoms with E-state index in [2.05, 4.69) is 22.5 Å². The average molecular weight is 389 g/mol. The molecule has 0 fully saturated rings. The Morgan fingerprint density at radius 1 is 1.19 bits per heavy atom. The summed E-state index contributed by atoms with van der Waals surface area (Å²) in [6, 6.07) is 7.27. The number of rotatable bonds is 7. The largest absolute Gasteiger partial charge is 0.451 e. The number of hydrogen-bond acceptors (Lipinski definition) is 6. The molecule has 0 aliphatic heterocycles. The molecule has 0 spiro atoms. The number of amides is 3. The van der Waals surface area contributed by atoms with Gasteiger partial charge in [0.25, 0.3) is 5.91 Å². The van der Waals surface area contributed by atoms with Crippen LogP contribution in [0.2, 0.25) is 0 Å². The monoisotopic (exact) mass is 389 g/mol. The highest BCUT2D eigenvalue weighted by Crippen LogP contribution is 2.24. The molecule has 0 aliphatic rings. The number of urea groups is 1. The van der Waals surface area contributed by atoms with Crippen molar-refractivity contribution in [3.05, 3.63) is 40.9 Å². The fourth-order valence-corrected chi connectivity index (χ4v) is 2.91. The lowest BCUT2D eigenvalue weighted by atomic mass is 10.1. The fourth-order valence-electron chi connectivity index (χ4n) is 2.11. The second-order valence-electron chi connectivity index (χ2n) is 6.00. The quantitative estimate of drug-likeness (QED) is 0.709. The van der Waals surface area contributed by atoms with Crippen molar-refractivity contribution in [3.8, 4) is 10.6 Å². The van der Waals surface area contributed by atoms with Crippen molar-refractivity contribution in [1.82, 2.24) is 15.6 Å². The highest BCUT2D eigenvalue weighted by atomic mass is 32.1. The number of esters is 1. The summed E-state index contributed by atoms with van der Waals surface area (Å²) >= 11 is 1.32. The maximum Gasteiger partial charge on any atom is 0.358 e. The Bertz CT molecular complexity index is 802. The van der Waals surface area contributed by atoms with E-state index in [0.29, 0.717) is 5.01 Å². The van der Waals surface area contributed by atoms with E-state index in [4.69, 9.17) is 4.74 Å². The number of carbonyl (C=O) groups is 3. The van der Waals surface area contributed by atoms with E-state index < -0.39 is 24.5 Å². The summed E-state index contributed by atoms with van der Waals surface area (Å²) in [5, 5.41) is 6.98. The van der Waals surface area contributed by atoms with Crippen molar-refractivity contribution in [2.45, 2.75) is 39.7 Å². The third-order valence-corrected chi connectivity index (χ3v) is 4.79. The summed E-state index contributed by atoms with van der Waals surface area (Å²) in [5.41, 5.74) is 2.26. The Kier molecular flexibility index (Phi) is 7.48. The molecule has 144 valence electrons. The minimum Gasteiger partial charge on any atom is -0.451 e. The summed E-state index contributed by atoms with van der Waals surface area (Å²) in [6.07, 6.45) is 1.69. The topological polar surface area (TPSA) is 97.4 Å². The Balaban J connectivity index is 1.86. The van der Waals surface area contributed by atoms with Crippen LogP contribution in [0.5, 0.6) is 0 Å². The Morgan fingerprint density at radius 2 is 1.89 bits per heavy atom. The maximum absolute atomic E-state index is 12.0. The first-order valence-corrected chi connectivity index (χ1v) is 9.63. The van der Waals surface area contributed by atoms with Gasteiger partial charge in [-0.25, -0.2) is 14.6 Å². The normalized spacial score (nSPS) is 11.5.